The summed E-state index contributed by atoms with van der Waals surface area (Å²) in [6.45, 7) is 1.72. The van der Waals surface area contributed by atoms with Crippen molar-refractivity contribution in [2.75, 3.05) is 5.88 Å². The molecule has 0 saturated carbocycles. The van der Waals surface area contributed by atoms with Gasteiger partial charge < -0.3 is 68.2 Å². The van der Waals surface area contributed by atoms with E-state index in [1.54, 1.807) is 6.92 Å². The first kappa shape index (κ1) is 49.7. The summed E-state index contributed by atoms with van der Waals surface area (Å²) in [5.41, 5.74) is 0. The molecule has 0 aromatic carbocycles. The van der Waals surface area contributed by atoms with Crippen molar-refractivity contribution in [1.29, 1.82) is 0 Å². The van der Waals surface area contributed by atoms with E-state index >= 15 is 0 Å². The number of phosphoric acid groups is 1. The number of aromatic nitrogens is 2. The number of aliphatic hydroxyl groups is 1. The summed E-state index contributed by atoms with van der Waals surface area (Å²) in [5.74, 6) is 0.391. The molecule has 1 unspecified atom stereocenters. The number of nitrogens with zero attached hydrogens (tertiary/aromatic N) is 3. The van der Waals surface area contributed by atoms with Crippen molar-refractivity contribution in [3.63, 3.8) is 0 Å². The molecule has 0 aliphatic heterocycles. The van der Waals surface area contributed by atoms with Crippen LogP contribution < -0.4 is 0 Å². The molecule has 0 spiro atoms. The van der Waals surface area contributed by atoms with Crippen LogP contribution >= 0.6 is 19.4 Å². The summed E-state index contributed by atoms with van der Waals surface area (Å²) in [5, 5.41) is 19.8. The number of rotatable bonds is 4. The first-order valence-electron chi connectivity index (χ1n) is 4.75. The number of aryl methyl sites for hydroxylation is 1. The lowest BCUT2D eigenvalue weighted by molar-refractivity contribution is -0.392. The van der Waals surface area contributed by atoms with Gasteiger partial charge in [-0.2, -0.15) is 0 Å². The van der Waals surface area contributed by atoms with E-state index in [0.717, 1.165) is 6.20 Å². The van der Waals surface area contributed by atoms with Gasteiger partial charge >= 0.3 is 13.6 Å². The molecule has 0 aliphatic carbocycles. The Bertz CT molecular complexity index is 473. The fourth-order valence-corrected chi connectivity index (χ4v) is 1.18. The molecule has 1 aromatic rings. The molecule has 17 nitrogen and oxygen atoms in total. The predicted octanol–water partition coefficient (Wildman–Crippen LogP) is -6.00. The largest absolute Gasteiger partial charge is 0.466 e. The highest BCUT2D eigenvalue weighted by atomic mass is 35.5. The number of hydrogen-bond acceptors (Lipinski definition) is 5. The minimum atomic E-state index is -4.64. The van der Waals surface area contributed by atoms with Crippen molar-refractivity contribution in [3.05, 3.63) is 22.1 Å². The lowest BCUT2D eigenvalue weighted by atomic mass is 10.4. The van der Waals surface area contributed by atoms with Gasteiger partial charge in [0, 0.05) is 6.92 Å². The molecule has 0 saturated heterocycles. The van der Waals surface area contributed by atoms with Gasteiger partial charge in [-0.15, -0.1) is 11.6 Å². The Hall–Kier alpha value is -1.31. The van der Waals surface area contributed by atoms with Crippen LogP contribution in [-0.2, 0) is 11.1 Å². The molecule has 18 N–H and O–H groups in total. The first-order chi connectivity index (χ1) is 8.56. The van der Waals surface area contributed by atoms with E-state index in [9.17, 15) is 15.2 Å². The molecule has 166 valence electrons. The maximum absolute atomic E-state index is 10.5. The Balaban J connectivity index is -0.0000000407. The monoisotopic (exact) mass is 443 g/mol. The fraction of sp³-hybridized carbons (Fsp3) is 0.571. The average Bonchev–Trinajstić information content (AvgIpc) is 2.58. The lowest BCUT2D eigenvalue weighted by Gasteiger charge is -2.06. The number of halogens is 1. The maximum Gasteiger partial charge on any atom is 0.466 e. The van der Waals surface area contributed by atoms with Gasteiger partial charge in [-0.3, -0.25) is 0 Å². The summed E-state index contributed by atoms with van der Waals surface area (Å²) < 4.78 is 10.2. The average molecular weight is 444 g/mol. The molecule has 1 atom stereocenters. The minimum Gasteiger partial charge on any atom is -0.412 e. The second-order valence-corrected chi connectivity index (χ2v) is 4.69. The Kier molecular flexibility index (Phi) is 41.6. The topological polar surface area (TPSA) is 379 Å². The van der Waals surface area contributed by atoms with Crippen LogP contribution in [0.1, 0.15) is 5.82 Å². The zero-order chi connectivity index (χ0) is 15.2. The second kappa shape index (κ2) is 21.7. The molecule has 0 amide bonds. The van der Waals surface area contributed by atoms with E-state index in [2.05, 4.69) is 4.98 Å². The third-order valence-corrected chi connectivity index (χ3v) is 2.15. The lowest BCUT2D eigenvalue weighted by Crippen LogP contribution is -2.19. The first-order valence-corrected chi connectivity index (χ1v) is 6.85. The molecule has 1 heterocycles. The summed E-state index contributed by atoms with van der Waals surface area (Å²) in [4.78, 5) is 35.3. The van der Waals surface area contributed by atoms with Gasteiger partial charge in [0.15, 0.2) is 5.82 Å². The second-order valence-electron chi connectivity index (χ2n) is 3.35. The molecule has 19 heteroatoms. The predicted molar refractivity (Wildman–Crippen MR) is 89.9 cm³/mol. The van der Waals surface area contributed by atoms with Crippen LogP contribution in [0.5, 0.6) is 0 Å². The van der Waals surface area contributed by atoms with Crippen LogP contribution in [0, 0.1) is 17.0 Å². The van der Waals surface area contributed by atoms with E-state index in [1.165, 1.54) is 4.57 Å². The number of imidazole rings is 1. The standard InChI is InChI=1S/C7H10ClN3O3.H3O4P.7H2O/c1-5-9-3-7(11(13)14)10(5)4-6(12)2-8;1-5(2,3)4;;;;;;;/h3,6,12H,2,4H2,1H3;(H3,1,2,3,4);7*1H2. The Morgan fingerprint density at radius 2 is 1.54 bits per heavy atom. The zero-order valence-corrected chi connectivity index (χ0v) is 14.9. The van der Waals surface area contributed by atoms with Crippen LogP contribution in [-0.4, -0.2) is 84.6 Å². The highest BCUT2D eigenvalue weighted by Crippen LogP contribution is 2.25. The molecule has 1 aromatic heterocycles. The molecular weight excluding hydrogens is 417 g/mol. The molecule has 0 bridgehead atoms. The smallest absolute Gasteiger partial charge is 0.412 e. The van der Waals surface area contributed by atoms with Gasteiger partial charge in [0.2, 0.25) is 0 Å². The highest BCUT2D eigenvalue weighted by Gasteiger charge is 2.19. The van der Waals surface area contributed by atoms with Crippen molar-refractivity contribution in [2.24, 2.45) is 0 Å². The Labute approximate surface area is 151 Å². The molecular formula is C7H27ClN3O14P. The summed E-state index contributed by atoms with van der Waals surface area (Å²) in [6.07, 6.45) is 0.360. The molecule has 26 heavy (non-hydrogen) atoms. The van der Waals surface area contributed by atoms with E-state index < -0.39 is 18.8 Å². The highest BCUT2D eigenvalue weighted by molar-refractivity contribution is 7.45. The maximum atomic E-state index is 10.5. The van der Waals surface area contributed by atoms with Gasteiger partial charge in [-0.25, -0.2) is 14.1 Å². The van der Waals surface area contributed by atoms with Crippen LogP contribution in [0.4, 0.5) is 5.82 Å². The fourth-order valence-electron chi connectivity index (χ4n) is 1.09. The van der Waals surface area contributed by atoms with E-state index in [4.69, 9.17) is 30.8 Å². The van der Waals surface area contributed by atoms with E-state index in [0.29, 0.717) is 5.82 Å². The Morgan fingerprint density at radius 1 is 1.19 bits per heavy atom. The van der Waals surface area contributed by atoms with Gasteiger partial charge in [0.1, 0.15) is 18.8 Å². The van der Waals surface area contributed by atoms with Gasteiger partial charge in [-0.05, 0) is 4.92 Å². The number of alkyl halides is 1. The third kappa shape index (κ3) is 22.7. The Morgan fingerprint density at radius 3 is 1.81 bits per heavy atom. The van der Waals surface area contributed by atoms with Crippen molar-refractivity contribution >= 4 is 25.2 Å². The van der Waals surface area contributed by atoms with Gasteiger partial charge in [0.05, 0.1) is 5.88 Å². The van der Waals surface area contributed by atoms with Crippen molar-refractivity contribution in [2.45, 2.75) is 19.6 Å². The number of nitro groups is 1. The summed E-state index contributed by atoms with van der Waals surface area (Å²) >= 11 is 5.40. The number of hydrogen-bond donors (Lipinski definition) is 4. The van der Waals surface area contributed by atoms with E-state index in [-0.39, 0.29) is 56.6 Å². The molecule has 0 aliphatic rings. The third-order valence-electron chi connectivity index (χ3n) is 1.79. The van der Waals surface area contributed by atoms with Crippen molar-refractivity contribution < 1.29 is 67.6 Å². The van der Waals surface area contributed by atoms with Crippen LogP contribution in [0.2, 0.25) is 0 Å². The molecule has 0 radical (unpaired) electrons. The van der Waals surface area contributed by atoms with Crippen molar-refractivity contribution in [3.8, 4) is 0 Å². The van der Waals surface area contributed by atoms with Crippen LogP contribution in [0.15, 0.2) is 6.20 Å². The van der Waals surface area contributed by atoms with Crippen molar-refractivity contribution in [1.82, 2.24) is 9.55 Å². The molecule has 1 rings (SSSR count). The summed E-state index contributed by atoms with van der Waals surface area (Å²) in [7, 11) is -4.64. The van der Waals surface area contributed by atoms with Crippen LogP contribution in [0.3, 0.4) is 0 Å². The van der Waals surface area contributed by atoms with Gasteiger partial charge in [0.25, 0.3) is 0 Å². The van der Waals surface area contributed by atoms with Gasteiger partial charge in [-0.1, -0.05) is 0 Å². The quantitative estimate of drug-likeness (QED) is 0.149. The number of aliphatic hydroxyl groups excluding tert-OH is 1. The van der Waals surface area contributed by atoms with E-state index in [1.807, 2.05) is 0 Å². The normalized spacial score (nSPS) is 9.15. The minimum absolute atomic E-state index is 0. The SMILES string of the molecule is Cc1ncc([N+](=O)[O-])n1CC(O)CCl.O.O.O.O.O.O.O.O=P(O)(O)O. The molecule has 0 fully saturated rings. The summed E-state index contributed by atoms with van der Waals surface area (Å²) in [6, 6.07) is 0. The van der Waals surface area contributed by atoms with Crippen LogP contribution in [0.25, 0.3) is 0 Å². The zero-order valence-electron chi connectivity index (χ0n) is 13.2.